The molecule has 1 heterocycles. The van der Waals surface area contributed by atoms with Gasteiger partial charge in [0.25, 0.3) is 0 Å². The molecule has 0 atom stereocenters. The lowest BCUT2D eigenvalue weighted by molar-refractivity contribution is 0.787. The molecule has 0 aliphatic heterocycles. The molecule has 2 nitrogen and oxygen atoms in total. The van der Waals surface area contributed by atoms with Gasteiger partial charge in [0, 0.05) is 5.69 Å². The maximum Gasteiger partial charge on any atom is 0.123 e. The van der Waals surface area contributed by atoms with Gasteiger partial charge in [-0.25, -0.2) is 4.98 Å². The van der Waals surface area contributed by atoms with Gasteiger partial charge in [-0.3, -0.25) is 0 Å². The van der Waals surface area contributed by atoms with Gasteiger partial charge in [0.15, 0.2) is 0 Å². The molecule has 0 fully saturated rings. The first-order chi connectivity index (χ1) is 5.74. The largest absolute Gasteiger partial charge is 0.384 e. The van der Waals surface area contributed by atoms with E-state index in [0.29, 0.717) is 5.82 Å². The van der Waals surface area contributed by atoms with Gasteiger partial charge in [0.05, 0.1) is 0 Å². The summed E-state index contributed by atoms with van der Waals surface area (Å²) >= 11 is 0. The molecule has 0 spiro atoms. The van der Waals surface area contributed by atoms with E-state index in [0.717, 1.165) is 12.1 Å². The molecule has 2 heteroatoms. The fraction of sp³-hybridized carbons (Fsp3) is 0.500. The zero-order chi connectivity index (χ0) is 8.97. The molecule has 12 heavy (non-hydrogen) atoms. The molecule has 66 valence electrons. The molecule has 1 aromatic rings. The van der Waals surface area contributed by atoms with E-state index in [2.05, 4.69) is 18.0 Å². The van der Waals surface area contributed by atoms with Gasteiger partial charge >= 0.3 is 0 Å². The average Bonchev–Trinajstić information content (AvgIpc) is 2.03. The quantitative estimate of drug-likeness (QED) is 0.744. The molecule has 2 N–H and O–H groups in total. The van der Waals surface area contributed by atoms with Crippen molar-refractivity contribution in [1.29, 1.82) is 0 Å². The first-order valence-electron chi connectivity index (χ1n) is 4.46. The smallest absolute Gasteiger partial charge is 0.123 e. The van der Waals surface area contributed by atoms with Crippen molar-refractivity contribution in [3.63, 3.8) is 0 Å². The Kier molecular flexibility index (Phi) is 3.09. The van der Waals surface area contributed by atoms with E-state index in [-0.39, 0.29) is 0 Å². The minimum Gasteiger partial charge on any atom is -0.384 e. The molecule has 1 rings (SSSR count). The highest BCUT2D eigenvalue weighted by Crippen LogP contribution is 2.10. The summed E-state index contributed by atoms with van der Waals surface area (Å²) in [6.07, 6.45) is 3.58. The lowest BCUT2D eigenvalue weighted by Gasteiger charge is -2.03. The van der Waals surface area contributed by atoms with E-state index in [1.54, 1.807) is 0 Å². The van der Waals surface area contributed by atoms with Gasteiger partial charge in [-0.1, -0.05) is 19.4 Å². The van der Waals surface area contributed by atoms with Crippen LogP contribution >= 0.6 is 0 Å². The summed E-state index contributed by atoms with van der Waals surface area (Å²) in [4.78, 5) is 4.20. The lowest BCUT2D eigenvalue weighted by atomic mass is 10.1. The van der Waals surface area contributed by atoms with E-state index < -0.39 is 0 Å². The third kappa shape index (κ3) is 2.22. The van der Waals surface area contributed by atoms with Crippen LogP contribution in [0.2, 0.25) is 0 Å². The highest BCUT2D eigenvalue weighted by Gasteiger charge is 1.98. The van der Waals surface area contributed by atoms with Crippen LogP contribution in [0.15, 0.2) is 12.1 Å². The van der Waals surface area contributed by atoms with Crippen LogP contribution in [0.3, 0.4) is 0 Å². The maximum atomic E-state index is 5.55. The lowest BCUT2D eigenvalue weighted by Crippen LogP contribution is -1.97. The third-order valence-corrected chi connectivity index (χ3v) is 2.02. The number of hydrogen-bond acceptors (Lipinski definition) is 2. The number of hydrogen-bond donors (Lipinski definition) is 1. The number of rotatable bonds is 3. The maximum absolute atomic E-state index is 5.55. The zero-order valence-corrected chi connectivity index (χ0v) is 7.80. The van der Waals surface area contributed by atoms with Crippen molar-refractivity contribution < 1.29 is 0 Å². The second kappa shape index (κ2) is 4.10. The van der Waals surface area contributed by atoms with Gasteiger partial charge in [-0.2, -0.15) is 0 Å². The van der Waals surface area contributed by atoms with Crippen molar-refractivity contribution in [2.75, 3.05) is 5.73 Å². The fourth-order valence-electron chi connectivity index (χ4n) is 1.24. The molecule has 0 aliphatic rings. The summed E-state index contributed by atoms with van der Waals surface area (Å²) in [7, 11) is 0. The summed E-state index contributed by atoms with van der Waals surface area (Å²) in [5.41, 5.74) is 7.94. The molecule has 0 saturated heterocycles. The highest BCUT2D eigenvalue weighted by atomic mass is 14.8. The van der Waals surface area contributed by atoms with E-state index in [1.807, 2.05) is 13.0 Å². The number of pyridine rings is 1. The first-order valence-corrected chi connectivity index (χ1v) is 4.46. The number of aromatic nitrogens is 1. The van der Waals surface area contributed by atoms with Crippen LogP contribution in [0.4, 0.5) is 5.82 Å². The SMILES string of the molecule is CCCCc1ccc(N)nc1C. The first kappa shape index (κ1) is 9.04. The van der Waals surface area contributed by atoms with Crippen LogP contribution in [0.25, 0.3) is 0 Å². The fourth-order valence-corrected chi connectivity index (χ4v) is 1.24. The van der Waals surface area contributed by atoms with Crippen LogP contribution in [-0.4, -0.2) is 4.98 Å². The minimum atomic E-state index is 0.618. The Bertz CT molecular complexity index is 256. The van der Waals surface area contributed by atoms with Crippen molar-refractivity contribution in [1.82, 2.24) is 4.98 Å². The summed E-state index contributed by atoms with van der Waals surface area (Å²) in [6, 6.07) is 3.95. The molecule has 0 unspecified atom stereocenters. The third-order valence-electron chi connectivity index (χ3n) is 2.02. The average molecular weight is 164 g/mol. The Balaban J connectivity index is 2.72. The van der Waals surface area contributed by atoms with Crippen molar-refractivity contribution in [2.24, 2.45) is 0 Å². The van der Waals surface area contributed by atoms with Crippen LogP contribution in [-0.2, 0) is 6.42 Å². The zero-order valence-electron chi connectivity index (χ0n) is 7.80. The van der Waals surface area contributed by atoms with Crippen LogP contribution in [0.5, 0.6) is 0 Å². The normalized spacial score (nSPS) is 10.2. The number of unbranched alkanes of at least 4 members (excludes halogenated alkanes) is 1. The van der Waals surface area contributed by atoms with Crippen molar-refractivity contribution in [2.45, 2.75) is 33.1 Å². The van der Waals surface area contributed by atoms with Crippen molar-refractivity contribution in [3.8, 4) is 0 Å². The van der Waals surface area contributed by atoms with Crippen LogP contribution < -0.4 is 5.73 Å². The topological polar surface area (TPSA) is 38.9 Å². The predicted molar refractivity (Wildman–Crippen MR) is 52.0 cm³/mol. The Morgan fingerprint density at radius 1 is 1.42 bits per heavy atom. The Morgan fingerprint density at radius 3 is 2.75 bits per heavy atom. The Labute approximate surface area is 73.8 Å². The number of anilines is 1. The van der Waals surface area contributed by atoms with Gasteiger partial charge in [0.2, 0.25) is 0 Å². The van der Waals surface area contributed by atoms with Gasteiger partial charge in [-0.15, -0.1) is 0 Å². The molecule has 0 aliphatic carbocycles. The van der Waals surface area contributed by atoms with Crippen molar-refractivity contribution in [3.05, 3.63) is 23.4 Å². The van der Waals surface area contributed by atoms with Crippen molar-refractivity contribution >= 4 is 5.82 Å². The van der Waals surface area contributed by atoms with Crippen LogP contribution in [0, 0.1) is 6.92 Å². The summed E-state index contributed by atoms with van der Waals surface area (Å²) in [6.45, 7) is 4.21. The monoisotopic (exact) mass is 164 g/mol. The number of aryl methyl sites for hydroxylation is 2. The molecule has 0 radical (unpaired) electrons. The Morgan fingerprint density at radius 2 is 2.17 bits per heavy atom. The summed E-state index contributed by atoms with van der Waals surface area (Å²) < 4.78 is 0. The molecular formula is C10H16N2. The van der Waals surface area contributed by atoms with E-state index in [9.17, 15) is 0 Å². The molecular weight excluding hydrogens is 148 g/mol. The number of nitrogens with two attached hydrogens (primary N) is 1. The summed E-state index contributed by atoms with van der Waals surface area (Å²) in [5.74, 6) is 0.618. The molecule has 0 bridgehead atoms. The van der Waals surface area contributed by atoms with Gasteiger partial charge < -0.3 is 5.73 Å². The predicted octanol–water partition coefficient (Wildman–Crippen LogP) is 2.31. The molecule has 1 aromatic heterocycles. The molecule has 0 amide bonds. The number of nitrogens with zero attached hydrogens (tertiary/aromatic N) is 1. The molecule has 0 saturated carbocycles. The van der Waals surface area contributed by atoms with E-state index in [4.69, 9.17) is 5.73 Å². The minimum absolute atomic E-state index is 0.618. The molecule has 0 aromatic carbocycles. The van der Waals surface area contributed by atoms with E-state index >= 15 is 0 Å². The standard InChI is InChI=1S/C10H16N2/c1-3-4-5-9-6-7-10(11)12-8(9)2/h6-7H,3-5H2,1-2H3,(H2,11,12). The van der Waals surface area contributed by atoms with Gasteiger partial charge in [-0.05, 0) is 31.4 Å². The van der Waals surface area contributed by atoms with Gasteiger partial charge in [0.1, 0.15) is 5.82 Å². The van der Waals surface area contributed by atoms with E-state index in [1.165, 1.54) is 18.4 Å². The second-order valence-corrected chi connectivity index (χ2v) is 3.08. The summed E-state index contributed by atoms with van der Waals surface area (Å²) in [5, 5.41) is 0. The Hall–Kier alpha value is -1.05. The second-order valence-electron chi connectivity index (χ2n) is 3.08. The highest BCUT2D eigenvalue weighted by molar-refractivity contribution is 5.33. The number of nitrogen functional groups attached to an aromatic ring is 1. The van der Waals surface area contributed by atoms with Crippen LogP contribution in [0.1, 0.15) is 31.0 Å².